The zero-order valence-corrected chi connectivity index (χ0v) is 11.0. The highest BCUT2D eigenvalue weighted by molar-refractivity contribution is 6.02. The van der Waals surface area contributed by atoms with Crippen LogP contribution in [-0.2, 0) is 6.54 Å². The van der Waals surface area contributed by atoms with Crippen LogP contribution in [0.1, 0.15) is 15.9 Å². The molecule has 0 saturated carbocycles. The Morgan fingerprint density at radius 1 is 1.25 bits per heavy atom. The van der Waals surface area contributed by atoms with Crippen LogP contribution < -0.4 is 4.74 Å². The summed E-state index contributed by atoms with van der Waals surface area (Å²) in [6.07, 6.45) is -0.862. The molecule has 106 valence electrons. The second-order valence-corrected chi connectivity index (χ2v) is 5.05. The largest absolute Gasteiger partial charge is 0.484 e. The van der Waals surface area contributed by atoms with Gasteiger partial charge in [-0.15, -0.1) is 0 Å². The second kappa shape index (κ2) is 5.13. The fraction of sp³-hybridized carbons (Fsp3) is 0.429. The van der Waals surface area contributed by atoms with Crippen LogP contribution in [0.2, 0.25) is 0 Å². The van der Waals surface area contributed by atoms with Crippen LogP contribution in [-0.4, -0.2) is 59.6 Å². The first kappa shape index (κ1) is 12.9. The number of hydrogen-bond acceptors (Lipinski definition) is 4. The molecule has 20 heavy (non-hydrogen) atoms. The van der Waals surface area contributed by atoms with Gasteiger partial charge in [-0.3, -0.25) is 9.69 Å². The number of ketones is 1. The third kappa shape index (κ3) is 2.34. The van der Waals surface area contributed by atoms with Gasteiger partial charge in [0.25, 0.3) is 0 Å². The molecular formula is C14H16N2O4. The Morgan fingerprint density at radius 2 is 2.00 bits per heavy atom. The lowest BCUT2D eigenvalue weighted by Crippen LogP contribution is -2.47. The highest BCUT2D eigenvalue weighted by atomic mass is 16.5. The lowest BCUT2D eigenvalue weighted by atomic mass is 10.1. The maximum absolute atomic E-state index is 11.6. The number of hydrogen-bond donors (Lipinski definition) is 1. The summed E-state index contributed by atoms with van der Waals surface area (Å²) in [6, 6.07) is 5.62. The molecule has 2 aliphatic heterocycles. The molecule has 1 aromatic carbocycles. The van der Waals surface area contributed by atoms with Crippen LogP contribution in [0.25, 0.3) is 0 Å². The van der Waals surface area contributed by atoms with E-state index in [-0.39, 0.29) is 12.4 Å². The van der Waals surface area contributed by atoms with Gasteiger partial charge in [-0.1, -0.05) is 12.1 Å². The Bertz CT molecular complexity index is 550. The van der Waals surface area contributed by atoms with Crippen LogP contribution in [0.3, 0.4) is 0 Å². The van der Waals surface area contributed by atoms with E-state index in [1.807, 2.05) is 12.1 Å². The van der Waals surface area contributed by atoms with E-state index in [1.54, 1.807) is 6.07 Å². The number of rotatable bonds is 2. The quantitative estimate of drug-likeness (QED) is 0.874. The van der Waals surface area contributed by atoms with Gasteiger partial charge in [-0.05, 0) is 6.07 Å². The average molecular weight is 276 g/mol. The van der Waals surface area contributed by atoms with Gasteiger partial charge in [-0.25, -0.2) is 4.79 Å². The molecule has 0 spiro atoms. The predicted molar refractivity (Wildman–Crippen MR) is 71.1 cm³/mol. The predicted octanol–water partition coefficient (Wildman–Crippen LogP) is 1.06. The molecule has 1 saturated heterocycles. The number of benzene rings is 1. The molecule has 0 unspecified atom stereocenters. The van der Waals surface area contributed by atoms with Crippen LogP contribution in [0.15, 0.2) is 18.2 Å². The van der Waals surface area contributed by atoms with Gasteiger partial charge in [0.2, 0.25) is 5.78 Å². The molecule has 0 aromatic heterocycles. The lowest BCUT2D eigenvalue weighted by molar-refractivity contribution is 0.0960. The summed E-state index contributed by atoms with van der Waals surface area (Å²) < 4.78 is 5.46. The molecule has 1 fully saturated rings. The van der Waals surface area contributed by atoms with E-state index in [0.29, 0.717) is 44.0 Å². The summed E-state index contributed by atoms with van der Waals surface area (Å²) in [5, 5.41) is 8.92. The molecular weight excluding hydrogens is 260 g/mol. The van der Waals surface area contributed by atoms with Gasteiger partial charge < -0.3 is 14.7 Å². The van der Waals surface area contributed by atoms with Gasteiger partial charge in [0, 0.05) is 38.3 Å². The number of carbonyl (C=O) groups excluding carboxylic acids is 1. The maximum Gasteiger partial charge on any atom is 0.407 e. The average Bonchev–Trinajstić information content (AvgIpc) is 2.82. The SMILES string of the molecule is O=C1COc2c(CN3CCN(C(=O)O)CC3)cccc21. The number of nitrogens with zero attached hydrogens (tertiary/aromatic N) is 2. The van der Waals surface area contributed by atoms with Crippen LogP contribution in [0.5, 0.6) is 5.75 Å². The van der Waals surface area contributed by atoms with Crippen molar-refractivity contribution in [2.45, 2.75) is 6.54 Å². The standard InChI is InChI=1S/C14H16N2O4/c17-12-9-20-13-10(2-1-3-11(12)13)8-15-4-6-16(7-5-15)14(18)19/h1-3H,4-9H2,(H,18,19). The van der Waals surface area contributed by atoms with Gasteiger partial charge in [0.05, 0.1) is 5.56 Å². The van der Waals surface area contributed by atoms with Crippen LogP contribution >= 0.6 is 0 Å². The van der Waals surface area contributed by atoms with Gasteiger partial charge >= 0.3 is 6.09 Å². The number of fused-ring (bicyclic) bond motifs is 1. The summed E-state index contributed by atoms with van der Waals surface area (Å²) in [7, 11) is 0. The van der Waals surface area contributed by atoms with E-state index in [1.165, 1.54) is 4.90 Å². The molecule has 2 aliphatic rings. The third-order valence-corrected chi connectivity index (χ3v) is 3.78. The van der Waals surface area contributed by atoms with E-state index in [4.69, 9.17) is 9.84 Å². The summed E-state index contributed by atoms with van der Waals surface area (Å²) in [5.41, 5.74) is 1.66. The molecule has 1 amide bonds. The third-order valence-electron chi connectivity index (χ3n) is 3.78. The van der Waals surface area contributed by atoms with Gasteiger partial charge in [-0.2, -0.15) is 0 Å². The zero-order valence-electron chi connectivity index (χ0n) is 11.0. The van der Waals surface area contributed by atoms with E-state index in [9.17, 15) is 9.59 Å². The Kier molecular flexibility index (Phi) is 3.31. The molecule has 0 bridgehead atoms. The zero-order chi connectivity index (χ0) is 14.1. The minimum atomic E-state index is -0.862. The van der Waals surface area contributed by atoms with E-state index in [0.717, 1.165) is 5.56 Å². The number of para-hydroxylation sites is 1. The Hall–Kier alpha value is -2.08. The molecule has 3 rings (SSSR count). The maximum atomic E-state index is 11.6. The topological polar surface area (TPSA) is 70.1 Å². The van der Waals surface area contributed by atoms with Crippen molar-refractivity contribution in [1.82, 2.24) is 9.80 Å². The molecule has 0 atom stereocenters. The fourth-order valence-corrected chi connectivity index (χ4v) is 2.65. The van der Waals surface area contributed by atoms with E-state index < -0.39 is 6.09 Å². The molecule has 1 aromatic rings. The van der Waals surface area contributed by atoms with E-state index >= 15 is 0 Å². The monoisotopic (exact) mass is 276 g/mol. The Labute approximate surface area is 116 Å². The van der Waals surface area contributed by atoms with Crippen molar-refractivity contribution in [3.8, 4) is 5.75 Å². The van der Waals surface area contributed by atoms with Crippen molar-refractivity contribution >= 4 is 11.9 Å². The van der Waals surface area contributed by atoms with Crippen LogP contribution in [0.4, 0.5) is 4.79 Å². The highest BCUT2D eigenvalue weighted by Gasteiger charge is 2.26. The minimum absolute atomic E-state index is 0.0255. The highest BCUT2D eigenvalue weighted by Crippen LogP contribution is 2.30. The van der Waals surface area contributed by atoms with Crippen molar-refractivity contribution in [2.24, 2.45) is 0 Å². The second-order valence-electron chi connectivity index (χ2n) is 5.05. The first-order valence-electron chi connectivity index (χ1n) is 6.63. The smallest absolute Gasteiger partial charge is 0.407 e. The van der Waals surface area contributed by atoms with Crippen molar-refractivity contribution in [1.29, 1.82) is 0 Å². The van der Waals surface area contributed by atoms with Crippen molar-refractivity contribution in [3.63, 3.8) is 0 Å². The number of ether oxygens (including phenoxy) is 1. The molecule has 0 aliphatic carbocycles. The Morgan fingerprint density at radius 3 is 2.70 bits per heavy atom. The number of carboxylic acid groups (broad SMARTS) is 1. The van der Waals surface area contributed by atoms with Gasteiger partial charge in [0.1, 0.15) is 5.75 Å². The molecule has 6 nitrogen and oxygen atoms in total. The molecule has 2 heterocycles. The summed E-state index contributed by atoms with van der Waals surface area (Å²) >= 11 is 0. The molecule has 0 radical (unpaired) electrons. The molecule has 6 heteroatoms. The lowest BCUT2D eigenvalue weighted by Gasteiger charge is -2.33. The van der Waals surface area contributed by atoms with Crippen molar-refractivity contribution in [2.75, 3.05) is 32.8 Å². The molecule has 1 N–H and O–H groups in total. The fourth-order valence-electron chi connectivity index (χ4n) is 2.65. The minimum Gasteiger partial charge on any atom is -0.484 e. The van der Waals surface area contributed by atoms with Gasteiger partial charge in [0.15, 0.2) is 6.61 Å². The first-order valence-corrected chi connectivity index (χ1v) is 6.63. The summed E-state index contributed by atoms with van der Waals surface area (Å²) in [4.78, 5) is 26.1. The number of Topliss-reactive ketones (excluding diaryl/α,β-unsaturated/α-hetero) is 1. The Balaban J connectivity index is 1.68. The van der Waals surface area contributed by atoms with E-state index in [2.05, 4.69) is 4.90 Å². The first-order chi connectivity index (χ1) is 9.65. The van der Waals surface area contributed by atoms with Crippen molar-refractivity contribution in [3.05, 3.63) is 29.3 Å². The van der Waals surface area contributed by atoms with Crippen LogP contribution in [0, 0.1) is 0 Å². The number of amides is 1. The summed E-state index contributed by atoms with van der Waals surface area (Å²) in [5.74, 6) is 0.718. The van der Waals surface area contributed by atoms with Crippen molar-refractivity contribution < 1.29 is 19.4 Å². The normalized spacial score (nSPS) is 18.8. The number of piperazine rings is 1. The summed E-state index contributed by atoms with van der Waals surface area (Å²) in [6.45, 7) is 3.24. The number of carbonyl (C=O) groups is 2.